The molecule has 0 aliphatic heterocycles. The average Bonchev–Trinajstić information content (AvgIpc) is 2.55. The number of rotatable bonds is 6. The lowest BCUT2D eigenvalue weighted by molar-refractivity contribution is 0.0908. The molecule has 2 rings (SSSR count). The second kappa shape index (κ2) is 7.89. The third kappa shape index (κ3) is 4.64. The van der Waals surface area contributed by atoms with Crippen LogP contribution in [0.3, 0.4) is 0 Å². The van der Waals surface area contributed by atoms with Crippen LogP contribution in [0.15, 0.2) is 41.2 Å². The summed E-state index contributed by atoms with van der Waals surface area (Å²) >= 11 is 5.79. The summed E-state index contributed by atoms with van der Waals surface area (Å²) in [7, 11) is 0. The van der Waals surface area contributed by atoms with Crippen molar-refractivity contribution in [2.24, 2.45) is 0 Å². The quantitative estimate of drug-likeness (QED) is 0.842. The Labute approximate surface area is 138 Å². The number of aliphatic hydroxyl groups excluding tert-OH is 1. The number of aryl methyl sites for hydroxylation is 1. The molecule has 1 aromatic heterocycles. The molecule has 7 heteroatoms. The van der Waals surface area contributed by atoms with Crippen molar-refractivity contribution >= 4 is 17.5 Å². The van der Waals surface area contributed by atoms with Gasteiger partial charge in [0.25, 0.3) is 11.5 Å². The molecule has 1 heterocycles. The standard InChI is InChI=1S/C16H18ClN3O3/c1-2-9-20-15(22)8-7-13(19-20)16(23)18-10-14(21)11-3-5-12(17)6-4-11/h3-8,14,21H,2,9-10H2,1H3,(H,18,23). The van der Waals surface area contributed by atoms with Gasteiger partial charge in [-0.3, -0.25) is 9.59 Å². The van der Waals surface area contributed by atoms with Crippen molar-refractivity contribution in [3.05, 3.63) is 63.0 Å². The number of hydrogen-bond acceptors (Lipinski definition) is 4. The number of carbonyl (C=O) groups excluding carboxylic acids is 1. The number of aliphatic hydroxyl groups is 1. The third-order valence-corrected chi connectivity index (χ3v) is 3.50. The van der Waals surface area contributed by atoms with E-state index in [-0.39, 0.29) is 17.8 Å². The Morgan fingerprint density at radius 2 is 2.00 bits per heavy atom. The number of nitrogens with zero attached hydrogens (tertiary/aromatic N) is 2. The maximum absolute atomic E-state index is 12.1. The molecular formula is C16H18ClN3O3. The fraction of sp³-hybridized carbons (Fsp3) is 0.312. The van der Waals surface area contributed by atoms with Crippen LogP contribution in [0.2, 0.25) is 5.02 Å². The summed E-state index contributed by atoms with van der Waals surface area (Å²) in [6, 6.07) is 9.41. The lowest BCUT2D eigenvalue weighted by atomic mass is 10.1. The highest BCUT2D eigenvalue weighted by molar-refractivity contribution is 6.30. The van der Waals surface area contributed by atoms with Crippen LogP contribution in [-0.2, 0) is 6.54 Å². The number of amides is 1. The molecule has 0 fully saturated rings. The Morgan fingerprint density at radius 3 is 2.65 bits per heavy atom. The van der Waals surface area contributed by atoms with Gasteiger partial charge in [0.2, 0.25) is 0 Å². The van der Waals surface area contributed by atoms with Crippen LogP contribution in [0.1, 0.15) is 35.5 Å². The van der Waals surface area contributed by atoms with E-state index in [0.29, 0.717) is 17.1 Å². The van der Waals surface area contributed by atoms with Crippen molar-refractivity contribution in [2.75, 3.05) is 6.54 Å². The molecule has 2 N–H and O–H groups in total. The van der Waals surface area contributed by atoms with Crippen LogP contribution in [0.5, 0.6) is 0 Å². The molecule has 6 nitrogen and oxygen atoms in total. The maximum Gasteiger partial charge on any atom is 0.271 e. The van der Waals surface area contributed by atoms with E-state index < -0.39 is 12.0 Å². The highest BCUT2D eigenvalue weighted by Gasteiger charge is 2.13. The van der Waals surface area contributed by atoms with E-state index in [9.17, 15) is 14.7 Å². The highest BCUT2D eigenvalue weighted by atomic mass is 35.5. The predicted octanol–water partition coefficient (Wildman–Crippen LogP) is 1.77. The van der Waals surface area contributed by atoms with Gasteiger partial charge in [-0.1, -0.05) is 30.7 Å². The Kier molecular flexibility index (Phi) is 5.90. The Morgan fingerprint density at radius 1 is 1.30 bits per heavy atom. The monoisotopic (exact) mass is 335 g/mol. The number of benzene rings is 1. The first-order chi connectivity index (χ1) is 11.0. The summed E-state index contributed by atoms with van der Waals surface area (Å²) in [4.78, 5) is 23.7. The van der Waals surface area contributed by atoms with Crippen molar-refractivity contribution in [1.29, 1.82) is 0 Å². The fourth-order valence-electron chi connectivity index (χ4n) is 2.02. The van der Waals surface area contributed by atoms with E-state index in [2.05, 4.69) is 10.4 Å². The zero-order valence-corrected chi connectivity index (χ0v) is 13.5. The van der Waals surface area contributed by atoms with Gasteiger partial charge in [-0.05, 0) is 30.2 Å². The van der Waals surface area contributed by atoms with Gasteiger partial charge in [0, 0.05) is 24.2 Å². The lowest BCUT2D eigenvalue weighted by Crippen LogP contribution is -2.32. The molecule has 122 valence electrons. The van der Waals surface area contributed by atoms with E-state index in [1.807, 2.05) is 6.92 Å². The van der Waals surface area contributed by atoms with E-state index in [1.54, 1.807) is 24.3 Å². The molecule has 0 radical (unpaired) electrons. The molecule has 1 aromatic carbocycles. The van der Waals surface area contributed by atoms with Crippen LogP contribution >= 0.6 is 11.6 Å². The number of halogens is 1. The Bertz CT molecular complexity index is 728. The minimum Gasteiger partial charge on any atom is -0.387 e. The molecule has 0 saturated carbocycles. The maximum atomic E-state index is 12.1. The molecule has 0 saturated heterocycles. The number of hydrogen-bond donors (Lipinski definition) is 2. The van der Waals surface area contributed by atoms with Gasteiger partial charge < -0.3 is 10.4 Å². The molecule has 0 aliphatic rings. The normalized spacial score (nSPS) is 12.0. The van der Waals surface area contributed by atoms with Crippen molar-refractivity contribution in [3.8, 4) is 0 Å². The van der Waals surface area contributed by atoms with Crippen LogP contribution < -0.4 is 10.9 Å². The highest BCUT2D eigenvalue weighted by Crippen LogP contribution is 2.15. The summed E-state index contributed by atoms with van der Waals surface area (Å²) < 4.78 is 1.25. The van der Waals surface area contributed by atoms with Gasteiger partial charge in [-0.15, -0.1) is 0 Å². The molecule has 0 bridgehead atoms. The summed E-state index contributed by atoms with van der Waals surface area (Å²) in [5.74, 6) is -0.442. The van der Waals surface area contributed by atoms with Crippen LogP contribution in [0.25, 0.3) is 0 Å². The molecule has 0 aliphatic carbocycles. The van der Waals surface area contributed by atoms with E-state index >= 15 is 0 Å². The van der Waals surface area contributed by atoms with Crippen LogP contribution in [-0.4, -0.2) is 27.3 Å². The van der Waals surface area contributed by atoms with Crippen LogP contribution in [0, 0.1) is 0 Å². The van der Waals surface area contributed by atoms with Gasteiger partial charge in [-0.25, -0.2) is 4.68 Å². The topological polar surface area (TPSA) is 84.2 Å². The average molecular weight is 336 g/mol. The number of nitrogens with one attached hydrogen (secondary N) is 1. The van der Waals surface area contributed by atoms with Gasteiger partial charge in [0.15, 0.2) is 0 Å². The first kappa shape index (κ1) is 17.2. The summed E-state index contributed by atoms with van der Waals surface area (Å²) in [5.41, 5.74) is 0.546. The minimum absolute atomic E-state index is 0.0368. The van der Waals surface area contributed by atoms with Gasteiger partial charge in [-0.2, -0.15) is 5.10 Å². The second-order valence-electron chi connectivity index (χ2n) is 5.06. The Hall–Kier alpha value is -2.18. The van der Waals surface area contributed by atoms with E-state index in [0.717, 1.165) is 6.42 Å². The van der Waals surface area contributed by atoms with Gasteiger partial charge in [0.05, 0.1) is 6.10 Å². The first-order valence-electron chi connectivity index (χ1n) is 7.31. The molecule has 1 amide bonds. The molecule has 1 atom stereocenters. The molecule has 1 unspecified atom stereocenters. The minimum atomic E-state index is -0.849. The first-order valence-corrected chi connectivity index (χ1v) is 7.69. The second-order valence-corrected chi connectivity index (χ2v) is 5.49. The largest absolute Gasteiger partial charge is 0.387 e. The van der Waals surface area contributed by atoms with Crippen molar-refractivity contribution in [1.82, 2.24) is 15.1 Å². The summed E-state index contributed by atoms with van der Waals surface area (Å²) in [6.07, 6.45) is -0.106. The summed E-state index contributed by atoms with van der Waals surface area (Å²) in [5, 5.41) is 17.3. The Balaban J connectivity index is 2.00. The smallest absolute Gasteiger partial charge is 0.271 e. The zero-order valence-electron chi connectivity index (χ0n) is 12.7. The lowest BCUT2D eigenvalue weighted by Gasteiger charge is -2.12. The van der Waals surface area contributed by atoms with E-state index in [1.165, 1.54) is 16.8 Å². The fourth-order valence-corrected chi connectivity index (χ4v) is 2.15. The zero-order chi connectivity index (χ0) is 16.8. The van der Waals surface area contributed by atoms with Crippen molar-refractivity contribution in [2.45, 2.75) is 26.0 Å². The molecule has 2 aromatic rings. The molecule has 0 spiro atoms. The van der Waals surface area contributed by atoms with Gasteiger partial charge >= 0.3 is 0 Å². The van der Waals surface area contributed by atoms with Gasteiger partial charge in [0.1, 0.15) is 5.69 Å². The number of carbonyl (C=O) groups is 1. The predicted molar refractivity (Wildman–Crippen MR) is 87.5 cm³/mol. The number of aromatic nitrogens is 2. The molecular weight excluding hydrogens is 318 g/mol. The molecule has 23 heavy (non-hydrogen) atoms. The summed E-state index contributed by atoms with van der Waals surface area (Å²) in [6.45, 7) is 2.41. The van der Waals surface area contributed by atoms with Crippen LogP contribution in [0.4, 0.5) is 0 Å². The third-order valence-electron chi connectivity index (χ3n) is 3.25. The SMILES string of the molecule is CCCn1nc(C(=O)NCC(O)c2ccc(Cl)cc2)ccc1=O. The van der Waals surface area contributed by atoms with Crippen molar-refractivity contribution in [3.63, 3.8) is 0 Å². The van der Waals surface area contributed by atoms with E-state index in [4.69, 9.17) is 11.6 Å². The van der Waals surface area contributed by atoms with Crippen molar-refractivity contribution < 1.29 is 9.90 Å².